The van der Waals surface area contributed by atoms with E-state index in [0.29, 0.717) is 5.03 Å². The predicted molar refractivity (Wildman–Crippen MR) is 71.6 cm³/mol. The Hall–Kier alpha value is -1.43. The highest BCUT2D eigenvalue weighted by molar-refractivity contribution is 7.09. The molecule has 0 aromatic carbocycles. The minimum Gasteiger partial charge on any atom is -0.354 e. The molecule has 19 heavy (non-hydrogen) atoms. The standard InChI is InChI=1S/C13H10ClNO3S/c14-8-3-4-13(18-7-9-2-1-5-19-9)10(6-8)11(16)15-12(13)17/h1-6,10H,7H2,(H,15,16,17). The summed E-state index contributed by atoms with van der Waals surface area (Å²) in [6.07, 6.45) is 4.70. The van der Waals surface area contributed by atoms with Crippen LogP contribution in [0.25, 0.3) is 0 Å². The van der Waals surface area contributed by atoms with E-state index in [-0.39, 0.29) is 12.5 Å². The Kier molecular flexibility index (Phi) is 3.05. The van der Waals surface area contributed by atoms with Gasteiger partial charge in [-0.05, 0) is 29.7 Å². The van der Waals surface area contributed by atoms with Crippen LogP contribution in [-0.4, -0.2) is 17.4 Å². The van der Waals surface area contributed by atoms with Gasteiger partial charge >= 0.3 is 0 Å². The van der Waals surface area contributed by atoms with E-state index in [2.05, 4.69) is 5.32 Å². The fourth-order valence-corrected chi connectivity index (χ4v) is 3.01. The van der Waals surface area contributed by atoms with Crippen molar-refractivity contribution in [1.29, 1.82) is 0 Å². The molecule has 1 aromatic heterocycles. The molecule has 4 nitrogen and oxygen atoms in total. The maximum atomic E-state index is 12.0. The highest BCUT2D eigenvalue weighted by atomic mass is 35.5. The fourth-order valence-electron chi connectivity index (χ4n) is 2.21. The third-order valence-corrected chi connectivity index (χ3v) is 4.29. The Labute approximate surface area is 118 Å². The number of halogens is 1. The highest BCUT2D eigenvalue weighted by Crippen LogP contribution is 2.37. The van der Waals surface area contributed by atoms with Crippen LogP contribution in [0.2, 0.25) is 0 Å². The molecule has 2 aliphatic rings. The molecule has 6 heteroatoms. The highest BCUT2D eigenvalue weighted by Gasteiger charge is 2.55. The van der Waals surface area contributed by atoms with E-state index in [9.17, 15) is 9.59 Å². The second-order valence-electron chi connectivity index (χ2n) is 4.34. The third kappa shape index (κ3) is 2.04. The van der Waals surface area contributed by atoms with Gasteiger partial charge in [0, 0.05) is 9.91 Å². The summed E-state index contributed by atoms with van der Waals surface area (Å²) >= 11 is 7.43. The lowest BCUT2D eigenvalue weighted by Gasteiger charge is -2.28. The number of hydrogen-bond acceptors (Lipinski definition) is 4. The zero-order valence-electron chi connectivity index (χ0n) is 9.76. The Morgan fingerprint density at radius 3 is 3.05 bits per heavy atom. The molecule has 98 valence electrons. The first kappa shape index (κ1) is 12.6. The molecule has 1 aliphatic heterocycles. The van der Waals surface area contributed by atoms with Crippen LogP contribution in [0.15, 0.2) is 40.8 Å². The Morgan fingerprint density at radius 1 is 1.47 bits per heavy atom. The van der Waals surface area contributed by atoms with Crippen LogP contribution >= 0.6 is 22.9 Å². The average Bonchev–Trinajstić information content (AvgIpc) is 2.97. The number of amides is 2. The van der Waals surface area contributed by atoms with Gasteiger partial charge in [0.25, 0.3) is 5.91 Å². The maximum Gasteiger partial charge on any atom is 0.264 e. The van der Waals surface area contributed by atoms with Crippen molar-refractivity contribution in [3.05, 3.63) is 45.7 Å². The molecule has 1 N–H and O–H groups in total. The molecule has 2 amide bonds. The van der Waals surface area contributed by atoms with Gasteiger partial charge < -0.3 is 4.74 Å². The van der Waals surface area contributed by atoms with Crippen LogP contribution in [-0.2, 0) is 20.9 Å². The van der Waals surface area contributed by atoms with E-state index in [0.717, 1.165) is 4.88 Å². The van der Waals surface area contributed by atoms with E-state index in [4.69, 9.17) is 16.3 Å². The SMILES string of the molecule is O=C1NC(=O)C2(OCc3cccs3)C=CC(Cl)=CC12. The molecule has 3 rings (SSSR count). The molecule has 2 heterocycles. The number of nitrogens with one attached hydrogen (secondary N) is 1. The monoisotopic (exact) mass is 295 g/mol. The molecule has 0 saturated carbocycles. The number of hydrogen-bond donors (Lipinski definition) is 1. The molecule has 0 radical (unpaired) electrons. The first-order chi connectivity index (χ1) is 9.12. The summed E-state index contributed by atoms with van der Waals surface area (Å²) in [6.45, 7) is 0.282. The van der Waals surface area contributed by atoms with Gasteiger partial charge in [0.05, 0.1) is 12.5 Å². The largest absolute Gasteiger partial charge is 0.354 e. The van der Waals surface area contributed by atoms with Gasteiger partial charge in [0.1, 0.15) is 0 Å². The van der Waals surface area contributed by atoms with Gasteiger partial charge in [0.2, 0.25) is 5.91 Å². The molecule has 1 aliphatic carbocycles. The zero-order chi connectivity index (χ0) is 13.5. The van der Waals surface area contributed by atoms with Gasteiger partial charge in [-0.3, -0.25) is 14.9 Å². The van der Waals surface area contributed by atoms with Crippen LogP contribution in [0, 0.1) is 5.92 Å². The smallest absolute Gasteiger partial charge is 0.264 e. The topological polar surface area (TPSA) is 55.4 Å². The lowest BCUT2D eigenvalue weighted by molar-refractivity contribution is -0.140. The minimum atomic E-state index is -1.26. The van der Waals surface area contributed by atoms with E-state index in [1.165, 1.54) is 11.3 Å². The number of carbonyl (C=O) groups is 2. The minimum absolute atomic E-state index is 0.282. The molecule has 0 bridgehead atoms. The van der Waals surface area contributed by atoms with Crippen molar-refractivity contribution in [3.63, 3.8) is 0 Å². The number of fused-ring (bicyclic) bond motifs is 1. The van der Waals surface area contributed by atoms with Gasteiger partial charge in [-0.1, -0.05) is 17.7 Å². The Balaban J connectivity index is 1.89. The number of allylic oxidation sites excluding steroid dienone is 2. The van der Waals surface area contributed by atoms with Gasteiger partial charge in [-0.15, -0.1) is 11.3 Å². The summed E-state index contributed by atoms with van der Waals surface area (Å²) < 4.78 is 5.76. The molecule has 2 atom stereocenters. The quantitative estimate of drug-likeness (QED) is 0.868. The lowest BCUT2D eigenvalue weighted by atomic mass is 9.85. The number of ether oxygens (including phenoxy) is 1. The molecule has 1 saturated heterocycles. The van der Waals surface area contributed by atoms with Crippen molar-refractivity contribution in [2.24, 2.45) is 5.92 Å². The number of imide groups is 1. The van der Waals surface area contributed by atoms with E-state index >= 15 is 0 Å². The van der Waals surface area contributed by atoms with Crippen molar-refractivity contribution in [3.8, 4) is 0 Å². The lowest BCUT2D eigenvalue weighted by Crippen LogP contribution is -2.44. The first-order valence-corrected chi connectivity index (χ1v) is 6.96. The van der Waals surface area contributed by atoms with Crippen molar-refractivity contribution < 1.29 is 14.3 Å². The molecule has 0 spiro atoms. The summed E-state index contributed by atoms with van der Waals surface area (Å²) in [5.41, 5.74) is -1.26. The van der Waals surface area contributed by atoms with E-state index in [1.54, 1.807) is 18.2 Å². The Morgan fingerprint density at radius 2 is 2.32 bits per heavy atom. The number of carbonyl (C=O) groups excluding carboxylic acids is 2. The van der Waals surface area contributed by atoms with Crippen LogP contribution in [0.4, 0.5) is 0 Å². The molecule has 1 fully saturated rings. The summed E-state index contributed by atoms with van der Waals surface area (Å²) in [5, 5.41) is 4.66. The van der Waals surface area contributed by atoms with Crippen LogP contribution < -0.4 is 5.32 Å². The molecular formula is C13H10ClNO3S. The second-order valence-corrected chi connectivity index (χ2v) is 5.81. The Bertz CT molecular complexity index is 593. The summed E-state index contributed by atoms with van der Waals surface area (Å²) in [6, 6.07) is 3.83. The van der Waals surface area contributed by atoms with E-state index < -0.39 is 17.4 Å². The fraction of sp³-hybridized carbons (Fsp3) is 0.231. The van der Waals surface area contributed by atoms with Gasteiger partial charge in [-0.2, -0.15) is 0 Å². The van der Waals surface area contributed by atoms with Crippen molar-refractivity contribution >= 4 is 34.8 Å². The molecule has 2 unspecified atom stereocenters. The second kappa shape index (κ2) is 4.59. The maximum absolute atomic E-state index is 12.0. The number of thiophene rings is 1. The predicted octanol–water partition coefficient (Wildman–Crippen LogP) is 1.97. The van der Waals surface area contributed by atoms with Gasteiger partial charge in [0.15, 0.2) is 5.60 Å². The van der Waals surface area contributed by atoms with Crippen molar-refractivity contribution in [2.75, 3.05) is 0 Å². The number of rotatable bonds is 3. The summed E-state index contributed by atoms with van der Waals surface area (Å²) in [4.78, 5) is 24.8. The summed E-state index contributed by atoms with van der Waals surface area (Å²) in [5.74, 6) is -1.51. The molecule has 1 aromatic rings. The van der Waals surface area contributed by atoms with Gasteiger partial charge in [-0.25, -0.2) is 0 Å². The van der Waals surface area contributed by atoms with Crippen molar-refractivity contribution in [1.82, 2.24) is 5.32 Å². The average molecular weight is 296 g/mol. The van der Waals surface area contributed by atoms with Crippen LogP contribution in [0.5, 0.6) is 0 Å². The van der Waals surface area contributed by atoms with Crippen LogP contribution in [0.3, 0.4) is 0 Å². The van der Waals surface area contributed by atoms with Crippen LogP contribution in [0.1, 0.15) is 4.88 Å². The third-order valence-electron chi connectivity index (χ3n) is 3.19. The summed E-state index contributed by atoms with van der Waals surface area (Å²) in [7, 11) is 0. The first-order valence-electron chi connectivity index (χ1n) is 5.70. The zero-order valence-corrected chi connectivity index (χ0v) is 11.3. The normalized spacial score (nSPS) is 29.1. The molecular weight excluding hydrogens is 286 g/mol. The van der Waals surface area contributed by atoms with Crippen molar-refractivity contribution in [2.45, 2.75) is 12.2 Å². The van der Waals surface area contributed by atoms with E-state index in [1.807, 2.05) is 17.5 Å².